The van der Waals surface area contributed by atoms with E-state index in [1.807, 2.05) is 48.3 Å². The summed E-state index contributed by atoms with van der Waals surface area (Å²) in [5, 5.41) is 0.814. The fourth-order valence-corrected chi connectivity index (χ4v) is 5.00. The molecule has 2 N–H and O–H groups in total. The predicted octanol–water partition coefficient (Wildman–Crippen LogP) is 3.45. The molecule has 0 radical (unpaired) electrons. The number of halogens is 1. The molecule has 4 rings (SSSR count). The zero-order chi connectivity index (χ0) is 20.9. The number of nitrogens with zero attached hydrogens (tertiary/aromatic N) is 2. The minimum Gasteiger partial charge on any atom is -0.341 e. The van der Waals surface area contributed by atoms with Gasteiger partial charge in [0.05, 0.1) is 5.92 Å². The van der Waals surface area contributed by atoms with Gasteiger partial charge in [-0.15, -0.1) is 0 Å². The number of carbonyl (C=O) groups excluding carboxylic acids is 1. The number of hydrogen-bond acceptors (Lipinski definition) is 4. The molecule has 2 aromatic carbocycles. The fourth-order valence-electron chi connectivity index (χ4n) is 4.80. The lowest BCUT2D eigenvalue weighted by atomic mass is 9.87. The average Bonchev–Trinajstić information content (AvgIpc) is 3.25. The molecule has 3 unspecified atom stereocenters. The summed E-state index contributed by atoms with van der Waals surface area (Å²) in [7, 11) is 1.91. The molecule has 2 fully saturated rings. The van der Waals surface area contributed by atoms with E-state index < -0.39 is 0 Å². The Bertz CT molecular complexity index is 846. The third-order valence-electron chi connectivity index (χ3n) is 6.39. The number of nitrogens with one attached hydrogen (secondary N) is 2. The van der Waals surface area contributed by atoms with Crippen molar-refractivity contribution in [3.63, 3.8) is 0 Å². The Hall–Kier alpha value is -1.92. The van der Waals surface area contributed by atoms with Crippen LogP contribution in [0.4, 0.5) is 0 Å². The number of rotatable bonds is 6. The molecule has 0 saturated carbocycles. The van der Waals surface area contributed by atoms with Crippen molar-refractivity contribution >= 4 is 17.5 Å². The molecule has 2 aliphatic rings. The zero-order valence-corrected chi connectivity index (χ0v) is 18.3. The van der Waals surface area contributed by atoms with Crippen LogP contribution in [0.2, 0.25) is 5.02 Å². The van der Waals surface area contributed by atoms with Crippen LogP contribution in [-0.4, -0.2) is 47.9 Å². The Labute approximate surface area is 184 Å². The summed E-state index contributed by atoms with van der Waals surface area (Å²) in [6.07, 6.45) is 3.48. The molecule has 30 heavy (non-hydrogen) atoms. The van der Waals surface area contributed by atoms with Crippen LogP contribution < -0.4 is 10.9 Å². The van der Waals surface area contributed by atoms with Crippen LogP contribution in [-0.2, 0) is 17.9 Å². The number of hydrogen-bond donors (Lipinski definition) is 2. The first kappa shape index (κ1) is 21.3. The first-order valence-corrected chi connectivity index (χ1v) is 11.3. The largest absolute Gasteiger partial charge is 0.341 e. The number of piperidine rings is 1. The van der Waals surface area contributed by atoms with Crippen molar-refractivity contribution in [1.82, 2.24) is 20.7 Å². The van der Waals surface area contributed by atoms with E-state index in [0.717, 1.165) is 35.7 Å². The van der Waals surface area contributed by atoms with Gasteiger partial charge < -0.3 is 4.90 Å². The molecule has 0 spiro atoms. The second kappa shape index (κ2) is 9.92. The molecule has 2 aromatic rings. The number of amides is 1. The van der Waals surface area contributed by atoms with E-state index in [9.17, 15) is 4.79 Å². The van der Waals surface area contributed by atoms with Crippen LogP contribution in [0.3, 0.4) is 0 Å². The van der Waals surface area contributed by atoms with Crippen molar-refractivity contribution in [2.45, 2.75) is 44.4 Å². The minimum absolute atomic E-state index is 0.0736. The monoisotopic (exact) mass is 426 g/mol. The lowest BCUT2D eigenvalue weighted by Crippen LogP contribution is -2.55. The third-order valence-corrected chi connectivity index (χ3v) is 6.76. The molecule has 2 saturated heterocycles. The molecular weight excluding hydrogens is 396 g/mol. The number of carbonyl (C=O) groups is 1. The summed E-state index contributed by atoms with van der Waals surface area (Å²) in [4.78, 5) is 17.7. The molecule has 3 atom stereocenters. The van der Waals surface area contributed by atoms with Gasteiger partial charge >= 0.3 is 0 Å². The minimum atomic E-state index is -0.0736. The molecule has 0 aromatic heterocycles. The summed E-state index contributed by atoms with van der Waals surface area (Å²) in [6, 6.07) is 18.6. The fraction of sp³-hybridized carbons (Fsp3) is 0.458. The van der Waals surface area contributed by atoms with E-state index in [1.54, 1.807) is 0 Å². The Balaban J connectivity index is 1.46. The van der Waals surface area contributed by atoms with Crippen molar-refractivity contribution in [2.24, 2.45) is 5.92 Å². The van der Waals surface area contributed by atoms with Crippen LogP contribution >= 0.6 is 11.6 Å². The lowest BCUT2D eigenvalue weighted by molar-refractivity contribution is -0.135. The summed E-state index contributed by atoms with van der Waals surface area (Å²) < 4.78 is 0. The number of benzene rings is 2. The van der Waals surface area contributed by atoms with E-state index >= 15 is 0 Å². The van der Waals surface area contributed by atoms with E-state index in [1.165, 1.54) is 12.8 Å². The first-order chi connectivity index (χ1) is 14.6. The van der Waals surface area contributed by atoms with E-state index in [2.05, 4.69) is 34.0 Å². The summed E-state index contributed by atoms with van der Waals surface area (Å²) in [6.45, 7) is 3.16. The van der Waals surface area contributed by atoms with Gasteiger partial charge in [0.2, 0.25) is 5.91 Å². The van der Waals surface area contributed by atoms with Crippen LogP contribution in [0.5, 0.6) is 0 Å². The zero-order valence-electron chi connectivity index (χ0n) is 17.6. The average molecular weight is 427 g/mol. The predicted molar refractivity (Wildman–Crippen MR) is 121 cm³/mol. The summed E-state index contributed by atoms with van der Waals surface area (Å²) >= 11 is 6.43. The highest BCUT2D eigenvalue weighted by Gasteiger charge is 2.42. The normalized spacial score (nSPS) is 24.7. The van der Waals surface area contributed by atoms with Crippen molar-refractivity contribution in [2.75, 3.05) is 20.1 Å². The van der Waals surface area contributed by atoms with Crippen molar-refractivity contribution < 1.29 is 4.79 Å². The van der Waals surface area contributed by atoms with Crippen molar-refractivity contribution in [3.05, 3.63) is 70.7 Å². The standard InChI is InChI=1S/C24H31ClN4O/c1-28(16-18-9-3-2-4-10-18)24(30)20-15-26-27-23(20)22-13-7-8-14-29(22)17-19-11-5-6-12-21(19)25/h2-6,9-12,20,22-23,26-27H,7-8,13-17H2,1H3. The Kier molecular flexibility index (Phi) is 7.05. The highest BCUT2D eigenvalue weighted by Crippen LogP contribution is 2.29. The summed E-state index contributed by atoms with van der Waals surface area (Å²) in [5.74, 6) is 0.125. The van der Waals surface area contributed by atoms with Gasteiger partial charge in [-0.05, 0) is 36.6 Å². The van der Waals surface area contributed by atoms with Crippen molar-refractivity contribution in [1.29, 1.82) is 0 Å². The van der Waals surface area contributed by atoms with Gasteiger partial charge in [0.1, 0.15) is 0 Å². The smallest absolute Gasteiger partial charge is 0.228 e. The second-order valence-electron chi connectivity index (χ2n) is 8.46. The topological polar surface area (TPSA) is 47.6 Å². The molecule has 6 heteroatoms. The van der Waals surface area contributed by atoms with Gasteiger partial charge in [-0.25, -0.2) is 0 Å². The van der Waals surface area contributed by atoms with E-state index in [0.29, 0.717) is 19.1 Å². The molecule has 0 aliphatic carbocycles. The summed E-state index contributed by atoms with van der Waals surface area (Å²) in [5.41, 5.74) is 9.01. The van der Waals surface area contributed by atoms with Gasteiger partial charge in [-0.1, -0.05) is 66.6 Å². The molecule has 160 valence electrons. The van der Waals surface area contributed by atoms with Crippen LogP contribution in [0.15, 0.2) is 54.6 Å². The molecular formula is C24H31ClN4O. The Morgan fingerprint density at radius 3 is 2.70 bits per heavy atom. The van der Waals surface area contributed by atoms with E-state index in [-0.39, 0.29) is 17.9 Å². The SMILES string of the molecule is CN(Cc1ccccc1)C(=O)C1CNNC1C1CCCCN1Cc1ccccc1Cl. The van der Waals surface area contributed by atoms with Gasteiger partial charge in [-0.2, -0.15) is 0 Å². The second-order valence-corrected chi connectivity index (χ2v) is 8.87. The van der Waals surface area contributed by atoms with Crippen LogP contribution in [0, 0.1) is 5.92 Å². The van der Waals surface area contributed by atoms with Gasteiger partial charge in [0, 0.05) is 43.8 Å². The maximum Gasteiger partial charge on any atom is 0.228 e. The van der Waals surface area contributed by atoms with Gasteiger partial charge in [0.25, 0.3) is 0 Å². The Morgan fingerprint density at radius 1 is 1.13 bits per heavy atom. The van der Waals surface area contributed by atoms with Crippen LogP contribution in [0.1, 0.15) is 30.4 Å². The van der Waals surface area contributed by atoms with E-state index in [4.69, 9.17) is 11.6 Å². The first-order valence-electron chi connectivity index (χ1n) is 10.9. The molecule has 1 amide bonds. The molecule has 5 nitrogen and oxygen atoms in total. The highest BCUT2D eigenvalue weighted by molar-refractivity contribution is 6.31. The molecule has 2 aliphatic heterocycles. The number of likely N-dealkylation sites (tertiary alicyclic amines) is 1. The van der Waals surface area contributed by atoms with Crippen LogP contribution in [0.25, 0.3) is 0 Å². The molecule has 2 heterocycles. The Morgan fingerprint density at radius 2 is 1.90 bits per heavy atom. The maximum atomic E-state index is 13.3. The van der Waals surface area contributed by atoms with Crippen molar-refractivity contribution in [3.8, 4) is 0 Å². The lowest BCUT2D eigenvalue weighted by Gasteiger charge is -2.41. The van der Waals surface area contributed by atoms with Gasteiger partial charge in [0.15, 0.2) is 0 Å². The number of hydrazine groups is 1. The highest BCUT2D eigenvalue weighted by atomic mass is 35.5. The molecule has 0 bridgehead atoms. The maximum absolute atomic E-state index is 13.3. The third kappa shape index (κ3) is 4.86. The quantitative estimate of drug-likeness (QED) is 0.742. The van der Waals surface area contributed by atoms with Gasteiger partial charge in [-0.3, -0.25) is 20.5 Å².